The maximum absolute atomic E-state index is 6.26. The lowest BCUT2D eigenvalue weighted by Gasteiger charge is -2.27. The molecular formula is C18H21ClN6. The molecule has 0 atom stereocenters. The zero-order valence-corrected chi connectivity index (χ0v) is 14.9. The molecule has 0 unspecified atom stereocenters. The highest BCUT2D eigenvalue weighted by Crippen LogP contribution is 2.27. The Labute approximate surface area is 151 Å². The summed E-state index contributed by atoms with van der Waals surface area (Å²) < 4.78 is 1.77. The molecule has 1 N–H and O–H groups in total. The van der Waals surface area contributed by atoms with Gasteiger partial charge >= 0.3 is 0 Å². The van der Waals surface area contributed by atoms with E-state index in [1.54, 1.807) is 11.0 Å². The second-order valence-corrected chi connectivity index (χ2v) is 7.24. The molecule has 0 spiro atoms. The average Bonchev–Trinajstić information content (AvgIpc) is 3.03. The molecule has 25 heavy (non-hydrogen) atoms. The summed E-state index contributed by atoms with van der Waals surface area (Å²) in [4.78, 5) is 8.77. The second-order valence-electron chi connectivity index (χ2n) is 6.83. The van der Waals surface area contributed by atoms with E-state index in [0.29, 0.717) is 18.1 Å². The molecule has 0 bridgehead atoms. The number of aromatic nitrogens is 5. The van der Waals surface area contributed by atoms with E-state index in [2.05, 4.69) is 32.5 Å². The summed E-state index contributed by atoms with van der Waals surface area (Å²) in [6.45, 7) is 2.85. The quantitative estimate of drug-likeness (QED) is 0.767. The van der Waals surface area contributed by atoms with E-state index in [1.165, 1.54) is 25.7 Å². The fraction of sp³-hybridized carbons (Fsp3) is 0.444. The van der Waals surface area contributed by atoms with E-state index in [0.717, 1.165) is 28.0 Å². The molecule has 7 heteroatoms. The molecule has 1 fully saturated rings. The highest BCUT2D eigenvalue weighted by atomic mass is 35.5. The van der Waals surface area contributed by atoms with Crippen LogP contribution >= 0.6 is 11.6 Å². The summed E-state index contributed by atoms with van der Waals surface area (Å²) >= 11 is 6.26. The first kappa shape index (κ1) is 16.3. The van der Waals surface area contributed by atoms with Crippen LogP contribution < -0.4 is 5.32 Å². The molecule has 2 heterocycles. The van der Waals surface area contributed by atoms with Gasteiger partial charge in [-0.15, -0.1) is 5.10 Å². The third kappa shape index (κ3) is 3.44. The Balaban J connectivity index is 1.59. The molecule has 0 radical (unpaired) electrons. The van der Waals surface area contributed by atoms with Gasteiger partial charge in [-0.2, -0.15) is 0 Å². The summed E-state index contributed by atoms with van der Waals surface area (Å²) in [5.74, 6) is 1.59. The van der Waals surface area contributed by atoms with Gasteiger partial charge in [-0.3, -0.25) is 0 Å². The Morgan fingerprint density at radius 1 is 1.16 bits per heavy atom. The van der Waals surface area contributed by atoms with Crippen LogP contribution in [0.4, 0.5) is 5.82 Å². The van der Waals surface area contributed by atoms with Crippen LogP contribution in [0.5, 0.6) is 0 Å². The van der Waals surface area contributed by atoms with Crippen LogP contribution in [-0.2, 0) is 6.54 Å². The molecule has 1 aromatic carbocycles. The summed E-state index contributed by atoms with van der Waals surface area (Å²) in [6.07, 6.45) is 6.42. The zero-order valence-electron chi connectivity index (χ0n) is 14.2. The third-order valence-corrected chi connectivity index (χ3v) is 5.30. The molecule has 130 valence electrons. The predicted molar refractivity (Wildman–Crippen MR) is 98.7 cm³/mol. The van der Waals surface area contributed by atoms with Crippen molar-refractivity contribution in [1.29, 1.82) is 0 Å². The number of rotatable bonds is 4. The van der Waals surface area contributed by atoms with E-state index < -0.39 is 0 Å². The Morgan fingerprint density at radius 3 is 2.76 bits per heavy atom. The molecule has 2 aromatic heterocycles. The zero-order chi connectivity index (χ0) is 17.2. The molecule has 0 saturated heterocycles. The molecular weight excluding hydrogens is 336 g/mol. The number of nitrogens with zero attached hydrogens (tertiary/aromatic N) is 5. The molecule has 1 saturated carbocycles. The number of fused-ring (bicyclic) bond motifs is 1. The molecule has 6 nitrogen and oxygen atoms in total. The number of hydrogen-bond donors (Lipinski definition) is 1. The van der Waals surface area contributed by atoms with E-state index in [-0.39, 0.29) is 0 Å². The van der Waals surface area contributed by atoms with Gasteiger partial charge in [0.25, 0.3) is 0 Å². The molecule has 1 aliphatic rings. The van der Waals surface area contributed by atoms with Gasteiger partial charge in [0.15, 0.2) is 17.0 Å². The van der Waals surface area contributed by atoms with Crippen molar-refractivity contribution in [2.45, 2.75) is 45.2 Å². The first-order valence-corrected chi connectivity index (χ1v) is 9.12. The predicted octanol–water partition coefficient (Wildman–Crippen LogP) is 3.91. The Hall–Kier alpha value is -2.21. The summed E-state index contributed by atoms with van der Waals surface area (Å²) in [6, 6.07) is 8.19. The monoisotopic (exact) mass is 356 g/mol. The van der Waals surface area contributed by atoms with Crippen molar-refractivity contribution in [2.75, 3.05) is 5.32 Å². The van der Waals surface area contributed by atoms with Crippen molar-refractivity contribution in [1.82, 2.24) is 25.0 Å². The van der Waals surface area contributed by atoms with Gasteiger partial charge in [-0.1, -0.05) is 41.9 Å². The van der Waals surface area contributed by atoms with Crippen molar-refractivity contribution in [3.8, 4) is 0 Å². The molecule has 1 aliphatic carbocycles. The van der Waals surface area contributed by atoms with E-state index in [4.69, 9.17) is 11.6 Å². The number of nitrogens with one attached hydrogen (secondary N) is 1. The first-order valence-electron chi connectivity index (χ1n) is 8.75. The Morgan fingerprint density at radius 2 is 1.96 bits per heavy atom. The van der Waals surface area contributed by atoms with Crippen molar-refractivity contribution in [3.63, 3.8) is 0 Å². The summed E-state index contributed by atoms with van der Waals surface area (Å²) in [5, 5.41) is 12.8. The number of hydrogen-bond acceptors (Lipinski definition) is 5. The fourth-order valence-electron chi connectivity index (χ4n) is 3.39. The van der Waals surface area contributed by atoms with Crippen LogP contribution in [0.15, 0.2) is 30.6 Å². The largest absolute Gasteiger partial charge is 0.365 e. The van der Waals surface area contributed by atoms with Crippen molar-refractivity contribution < 1.29 is 0 Å². The van der Waals surface area contributed by atoms with E-state index in [1.807, 2.05) is 24.3 Å². The highest BCUT2D eigenvalue weighted by molar-refractivity contribution is 6.31. The minimum absolute atomic E-state index is 0.447. The standard InChI is InChI=1S/C18H21ClN6/c1-12-6-8-14(9-7-12)22-17-16-18(21-11-20-17)25(24-23-16)10-13-4-2-3-5-15(13)19/h2-5,11-12,14H,6-10H2,1H3,(H,20,21,22). The number of halogens is 1. The van der Waals surface area contributed by atoms with Gasteiger partial charge in [-0.05, 0) is 43.2 Å². The lowest BCUT2D eigenvalue weighted by Crippen LogP contribution is -2.25. The van der Waals surface area contributed by atoms with E-state index in [9.17, 15) is 0 Å². The van der Waals surface area contributed by atoms with Gasteiger partial charge < -0.3 is 5.32 Å². The van der Waals surface area contributed by atoms with Gasteiger partial charge in [0, 0.05) is 11.1 Å². The van der Waals surface area contributed by atoms with Gasteiger partial charge in [0.1, 0.15) is 6.33 Å². The van der Waals surface area contributed by atoms with Crippen LogP contribution in [-0.4, -0.2) is 31.0 Å². The average molecular weight is 357 g/mol. The highest BCUT2D eigenvalue weighted by Gasteiger charge is 2.20. The normalized spacial score (nSPS) is 20.7. The van der Waals surface area contributed by atoms with Crippen LogP contribution in [0.3, 0.4) is 0 Å². The Bertz CT molecular complexity index is 869. The van der Waals surface area contributed by atoms with Crippen molar-refractivity contribution in [3.05, 3.63) is 41.2 Å². The lowest BCUT2D eigenvalue weighted by molar-refractivity contribution is 0.361. The minimum atomic E-state index is 0.447. The van der Waals surface area contributed by atoms with E-state index >= 15 is 0 Å². The molecule has 0 aliphatic heterocycles. The maximum Gasteiger partial charge on any atom is 0.184 e. The molecule has 4 rings (SSSR count). The van der Waals surface area contributed by atoms with Crippen LogP contribution in [0.2, 0.25) is 5.02 Å². The number of benzene rings is 1. The second kappa shape index (κ2) is 6.96. The van der Waals surface area contributed by atoms with Gasteiger partial charge in [-0.25, -0.2) is 14.6 Å². The molecule has 3 aromatic rings. The summed E-state index contributed by atoms with van der Waals surface area (Å²) in [5.41, 5.74) is 2.43. The first-order chi connectivity index (χ1) is 12.2. The van der Waals surface area contributed by atoms with Crippen molar-refractivity contribution >= 4 is 28.6 Å². The Kier molecular flexibility index (Phi) is 4.53. The topological polar surface area (TPSA) is 68.5 Å². The van der Waals surface area contributed by atoms with Gasteiger partial charge in [0.2, 0.25) is 0 Å². The van der Waals surface area contributed by atoms with Crippen molar-refractivity contribution in [2.24, 2.45) is 5.92 Å². The molecule has 0 amide bonds. The minimum Gasteiger partial charge on any atom is -0.365 e. The smallest absolute Gasteiger partial charge is 0.184 e. The third-order valence-electron chi connectivity index (χ3n) is 4.93. The fourth-order valence-corrected chi connectivity index (χ4v) is 3.58. The maximum atomic E-state index is 6.26. The van der Waals surface area contributed by atoms with Crippen LogP contribution in [0.25, 0.3) is 11.2 Å². The van der Waals surface area contributed by atoms with Crippen LogP contribution in [0.1, 0.15) is 38.2 Å². The summed E-state index contributed by atoms with van der Waals surface area (Å²) in [7, 11) is 0. The SMILES string of the molecule is CC1CCC(Nc2ncnc3c2nnn3Cc2ccccc2Cl)CC1. The lowest BCUT2D eigenvalue weighted by atomic mass is 9.87. The van der Waals surface area contributed by atoms with Crippen LogP contribution in [0, 0.1) is 5.92 Å². The van der Waals surface area contributed by atoms with Gasteiger partial charge in [0.05, 0.1) is 6.54 Å². The number of anilines is 1.